The normalized spacial score (nSPS) is 18.8. The molecule has 20 heavy (non-hydrogen) atoms. The number of aryl methyl sites for hydroxylation is 2. The van der Waals surface area contributed by atoms with E-state index >= 15 is 0 Å². The molecule has 1 aromatic rings. The van der Waals surface area contributed by atoms with Gasteiger partial charge in [0, 0.05) is 50.9 Å². The summed E-state index contributed by atoms with van der Waals surface area (Å²) < 4.78 is 2.01. The van der Waals surface area contributed by atoms with Crippen molar-refractivity contribution in [2.45, 2.75) is 52.6 Å². The van der Waals surface area contributed by atoms with Crippen LogP contribution in [0, 0.1) is 0 Å². The lowest BCUT2D eigenvalue weighted by molar-refractivity contribution is -0.127. The SMILES string of the molecule is CCc1nn(C)c(CC)c1CN[C@H]1CCN(C(C)=O)C1. The lowest BCUT2D eigenvalue weighted by Crippen LogP contribution is -2.34. The van der Waals surface area contributed by atoms with Crippen LogP contribution < -0.4 is 5.32 Å². The fourth-order valence-corrected chi connectivity index (χ4v) is 3.05. The molecule has 0 bridgehead atoms. The quantitative estimate of drug-likeness (QED) is 0.882. The molecule has 5 heteroatoms. The molecule has 1 N–H and O–H groups in total. The third-order valence-corrected chi connectivity index (χ3v) is 4.23. The van der Waals surface area contributed by atoms with Crippen molar-refractivity contribution in [2.24, 2.45) is 7.05 Å². The molecule has 5 nitrogen and oxygen atoms in total. The Morgan fingerprint density at radius 3 is 2.70 bits per heavy atom. The molecular weight excluding hydrogens is 252 g/mol. The van der Waals surface area contributed by atoms with Crippen molar-refractivity contribution >= 4 is 5.91 Å². The molecule has 1 saturated heterocycles. The summed E-state index contributed by atoms with van der Waals surface area (Å²) in [6.07, 6.45) is 3.02. The summed E-state index contributed by atoms with van der Waals surface area (Å²) in [5.74, 6) is 0.180. The molecule has 1 amide bonds. The highest BCUT2D eigenvalue weighted by Gasteiger charge is 2.24. The third-order valence-electron chi connectivity index (χ3n) is 4.23. The largest absolute Gasteiger partial charge is 0.341 e. The van der Waals surface area contributed by atoms with E-state index < -0.39 is 0 Å². The van der Waals surface area contributed by atoms with Crippen LogP contribution in [0.15, 0.2) is 0 Å². The zero-order valence-electron chi connectivity index (χ0n) is 13.1. The fourth-order valence-electron chi connectivity index (χ4n) is 3.05. The molecule has 0 radical (unpaired) electrons. The van der Waals surface area contributed by atoms with Gasteiger partial charge in [-0.3, -0.25) is 9.48 Å². The highest BCUT2D eigenvalue weighted by atomic mass is 16.2. The Kier molecular flexibility index (Phi) is 4.81. The number of carbonyl (C=O) groups excluding carboxylic acids is 1. The van der Waals surface area contributed by atoms with Gasteiger partial charge in [0.1, 0.15) is 0 Å². The van der Waals surface area contributed by atoms with E-state index in [2.05, 4.69) is 24.3 Å². The van der Waals surface area contributed by atoms with Gasteiger partial charge in [0.15, 0.2) is 0 Å². The molecule has 112 valence electrons. The highest BCUT2D eigenvalue weighted by Crippen LogP contribution is 2.17. The molecule has 0 aliphatic carbocycles. The van der Waals surface area contributed by atoms with Gasteiger partial charge in [-0.15, -0.1) is 0 Å². The zero-order valence-corrected chi connectivity index (χ0v) is 13.1. The lowest BCUT2D eigenvalue weighted by Gasteiger charge is -2.15. The second-order valence-electron chi connectivity index (χ2n) is 5.53. The molecular formula is C15H26N4O. The van der Waals surface area contributed by atoms with E-state index in [9.17, 15) is 4.79 Å². The number of hydrogen-bond donors (Lipinski definition) is 1. The summed E-state index contributed by atoms with van der Waals surface area (Å²) in [7, 11) is 2.02. The van der Waals surface area contributed by atoms with Gasteiger partial charge in [-0.1, -0.05) is 13.8 Å². The average molecular weight is 278 g/mol. The van der Waals surface area contributed by atoms with Gasteiger partial charge in [0.05, 0.1) is 5.69 Å². The summed E-state index contributed by atoms with van der Waals surface area (Å²) in [5, 5.41) is 8.20. The first kappa shape index (κ1) is 15.0. The van der Waals surface area contributed by atoms with Gasteiger partial charge in [-0.2, -0.15) is 5.10 Å². The van der Waals surface area contributed by atoms with E-state index in [0.29, 0.717) is 6.04 Å². The summed E-state index contributed by atoms with van der Waals surface area (Å²) in [6, 6.07) is 0.411. The number of amides is 1. The number of hydrogen-bond acceptors (Lipinski definition) is 3. The number of nitrogens with zero attached hydrogens (tertiary/aromatic N) is 3. The van der Waals surface area contributed by atoms with Crippen LogP contribution >= 0.6 is 0 Å². The maximum Gasteiger partial charge on any atom is 0.219 e. The Hall–Kier alpha value is -1.36. The molecule has 0 saturated carbocycles. The molecule has 0 unspecified atom stereocenters. The number of aromatic nitrogens is 2. The summed E-state index contributed by atoms with van der Waals surface area (Å²) in [5.41, 5.74) is 3.85. The molecule has 1 atom stereocenters. The predicted molar refractivity (Wildman–Crippen MR) is 79.5 cm³/mol. The van der Waals surface area contributed by atoms with Crippen LogP contribution in [-0.4, -0.2) is 39.7 Å². The van der Waals surface area contributed by atoms with Crippen LogP contribution in [0.4, 0.5) is 0 Å². The molecule has 0 spiro atoms. The number of nitrogens with one attached hydrogen (secondary N) is 1. The molecule has 2 heterocycles. The maximum absolute atomic E-state index is 11.4. The van der Waals surface area contributed by atoms with Gasteiger partial charge in [-0.05, 0) is 19.3 Å². The molecule has 2 rings (SSSR count). The highest BCUT2D eigenvalue weighted by molar-refractivity contribution is 5.73. The smallest absolute Gasteiger partial charge is 0.219 e. The van der Waals surface area contributed by atoms with E-state index in [1.54, 1.807) is 6.92 Å². The first-order valence-electron chi connectivity index (χ1n) is 7.59. The Balaban J connectivity index is 1.99. The molecule has 1 aromatic heterocycles. The van der Waals surface area contributed by atoms with Crippen LogP contribution in [-0.2, 0) is 31.2 Å². The van der Waals surface area contributed by atoms with Crippen molar-refractivity contribution in [2.75, 3.05) is 13.1 Å². The Bertz CT molecular complexity index is 480. The van der Waals surface area contributed by atoms with Crippen LogP contribution in [0.1, 0.15) is 44.1 Å². The maximum atomic E-state index is 11.4. The van der Waals surface area contributed by atoms with Crippen molar-refractivity contribution in [1.29, 1.82) is 0 Å². The molecule has 1 aliphatic rings. The number of carbonyl (C=O) groups is 1. The van der Waals surface area contributed by atoms with Gasteiger partial charge in [0.2, 0.25) is 5.91 Å². The topological polar surface area (TPSA) is 50.2 Å². The van der Waals surface area contributed by atoms with E-state index in [0.717, 1.165) is 38.9 Å². The van der Waals surface area contributed by atoms with Crippen molar-refractivity contribution in [3.63, 3.8) is 0 Å². The Morgan fingerprint density at radius 2 is 2.15 bits per heavy atom. The Labute approximate surface area is 121 Å². The summed E-state index contributed by atoms with van der Waals surface area (Å²) >= 11 is 0. The number of rotatable bonds is 5. The van der Waals surface area contributed by atoms with Crippen molar-refractivity contribution < 1.29 is 4.79 Å². The van der Waals surface area contributed by atoms with Crippen LogP contribution in [0.2, 0.25) is 0 Å². The molecule has 1 aliphatic heterocycles. The minimum absolute atomic E-state index is 0.180. The minimum Gasteiger partial charge on any atom is -0.341 e. The van der Waals surface area contributed by atoms with E-state index in [1.165, 1.54) is 17.0 Å². The van der Waals surface area contributed by atoms with Crippen LogP contribution in [0.25, 0.3) is 0 Å². The van der Waals surface area contributed by atoms with Crippen LogP contribution in [0.5, 0.6) is 0 Å². The van der Waals surface area contributed by atoms with Gasteiger partial charge < -0.3 is 10.2 Å². The van der Waals surface area contributed by atoms with Crippen molar-refractivity contribution in [1.82, 2.24) is 20.0 Å². The molecule has 0 aromatic carbocycles. The predicted octanol–water partition coefficient (Wildman–Crippen LogP) is 1.26. The van der Waals surface area contributed by atoms with Crippen LogP contribution in [0.3, 0.4) is 0 Å². The lowest BCUT2D eigenvalue weighted by atomic mass is 10.1. The first-order valence-corrected chi connectivity index (χ1v) is 7.59. The van der Waals surface area contributed by atoms with Crippen molar-refractivity contribution in [3.05, 3.63) is 17.0 Å². The average Bonchev–Trinajstić information content (AvgIpc) is 3.00. The summed E-state index contributed by atoms with van der Waals surface area (Å²) in [6.45, 7) is 8.54. The summed E-state index contributed by atoms with van der Waals surface area (Å²) in [4.78, 5) is 13.3. The number of likely N-dealkylation sites (tertiary alicyclic amines) is 1. The first-order chi connectivity index (χ1) is 9.56. The monoisotopic (exact) mass is 278 g/mol. The van der Waals surface area contributed by atoms with Gasteiger partial charge >= 0.3 is 0 Å². The van der Waals surface area contributed by atoms with Gasteiger partial charge in [-0.25, -0.2) is 0 Å². The zero-order chi connectivity index (χ0) is 14.7. The third kappa shape index (κ3) is 3.03. The van der Waals surface area contributed by atoms with E-state index in [4.69, 9.17) is 0 Å². The van der Waals surface area contributed by atoms with Crippen molar-refractivity contribution in [3.8, 4) is 0 Å². The Morgan fingerprint density at radius 1 is 1.40 bits per heavy atom. The second kappa shape index (κ2) is 6.39. The molecule has 1 fully saturated rings. The van der Waals surface area contributed by atoms with Gasteiger partial charge in [0.25, 0.3) is 0 Å². The second-order valence-corrected chi connectivity index (χ2v) is 5.53. The minimum atomic E-state index is 0.180. The van der Waals surface area contributed by atoms with E-state index in [-0.39, 0.29) is 5.91 Å². The van der Waals surface area contributed by atoms with E-state index in [1.807, 2.05) is 16.6 Å². The standard InChI is InChI=1S/C15H26N4O/c1-5-14-13(15(6-2)18(4)17-14)9-16-12-7-8-19(10-12)11(3)20/h12,16H,5-10H2,1-4H3/t12-/m0/s1. The fraction of sp³-hybridized carbons (Fsp3) is 0.733.